The Hall–Kier alpha value is -1.62. The van der Waals surface area contributed by atoms with Crippen molar-refractivity contribution in [3.8, 4) is 0 Å². The van der Waals surface area contributed by atoms with Gasteiger partial charge in [-0.15, -0.1) is 0 Å². The van der Waals surface area contributed by atoms with Gasteiger partial charge in [0.15, 0.2) is 0 Å². The fourth-order valence-corrected chi connectivity index (χ4v) is 2.48. The van der Waals surface area contributed by atoms with Crippen LogP contribution in [0.3, 0.4) is 0 Å². The topological polar surface area (TPSA) is 47.6 Å². The molecule has 1 fully saturated rings. The highest BCUT2D eigenvalue weighted by Crippen LogP contribution is 2.38. The summed E-state index contributed by atoms with van der Waals surface area (Å²) in [5.41, 5.74) is 0.568. The molecule has 104 valence electrons. The Morgan fingerprint density at radius 3 is 2.58 bits per heavy atom. The van der Waals surface area contributed by atoms with E-state index in [0.29, 0.717) is 18.5 Å². The zero-order chi connectivity index (χ0) is 14.0. The lowest BCUT2D eigenvalue weighted by Crippen LogP contribution is -2.59. The molecule has 1 saturated carbocycles. The monoisotopic (exact) mass is 267 g/mol. The summed E-state index contributed by atoms with van der Waals surface area (Å²) < 4.78 is 23.4. The van der Waals surface area contributed by atoms with Crippen LogP contribution < -0.4 is 5.32 Å². The molecule has 0 aromatic heterocycles. The third-order valence-electron chi connectivity index (χ3n) is 3.49. The number of hydrogen-bond donors (Lipinski definition) is 1. The van der Waals surface area contributed by atoms with Crippen LogP contribution in [0.5, 0.6) is 0 Å². The maximum atomic E-state index is 13.4. The van der Waals surface area contributed by atoms with Crippen LogP contribution in [-0.4, -0.2) is 31.8 Å². The molecular formula is C14H18FNO3. The minimum absolute atomic E-state index is 0.0289. The predicted octanol–water partition coefficient (Wildman–Crippen LogP) is 2.27. The largest absolute Gasteiger partial charge is 0.467 e. The van der Waals surface area contributed by atoms with Crippen molar-refractivity contribution in [2.75, 3.05) is 19.5 Å². The predicted molar refractivity (Wildman–Crippen MR) is 69.5 cm³/mol. The molecule has 1 aliphatic rings. The fourth-order valence-electron chi connectivity index (χ4n) is 2.48. The van der Waals surface area contributed by atoms with Crippen LogP contribution in [0.1, 0.15) is 18.4 Å². The first kappa shape index (κ1) is 13.8. The summed E-state index contributed by atoms with van der Waals surface area (Å²) in [4.78, 5) is 11.9. The highest BCUT2D eigenvalue weighted by atomic mass is 19.1. The Balaban J connectivity index is 2.19. The third kappa shape index (κ3) is 2.71. The number of hydrogen-bond acceptors (Lipinski definition) is 4. The molecular weight excluding hydrogens is 249 g/mol. The maximum Gasteiger partial charge on any atom is 0.331 e. The van der Waals surface area contributed by atoms with Gasteiger partial charge in [0.25, 0.3) is 0 Å². The number of ether oxygens (including phenoxy) is 2. The van der Waals surface area contributed by atoms with E-state index in [1.165, 1.54) is 19.2 Å². The number of carbonyl (C=O) groups excluding carboxylic acids is 1. The van der Waals surface area contributed by atoms with E-state index in [1.54, 1.807) is 20.1 Å². The molecule has 0 amide bonds. The normalized spacial score (nSPS) is 25.6. The number of aryl methyl sites for hydroxylation is 1. The summed E-state index contributed by atoms with van der Waals surface area (Å²) >= 11 is 0. The van der Waals surface area contributed by atoms with Crippen molar-refractivity contribution < 1.29 is 18.7 Å². The Morgan fingerprint density at radius 1 is 1.37 bits per heavy atom. The highest BCUT2D eigenvalue weighted by Gasteiger charge is 2.51. The number of nitrogens with one attached hydrogen (secondary N) is 1. The number of anilines is 1. The van der Waals surface area contributed by atoms with Crippen LogP contribution >= 0.6 is 0 Å². The van der Waals surface area contributed by atoms with E-state index in [-0.39, 0.29) is 17.9 Å². The molecule has 2 rings (SSSR count). The van der Waals surface area contributed by atoms with E-state index in [9.17, 15) is 9.18 Å². The van der Waals surface area contributed by atoms with E-state index >= 15 is 0 Å². The van der Waals surface area contributed by atoms with Gasteiger partial charge in [0.2, 0.25) is 0 Å². The lowest BCUT2D eigenvalue weighted by atomic mass is 9.74. The molecule has 0 saturated heterocycles. The van der Waals surface area contributed by atoms with Crippen molar-refractivity contribution in [2.24, 2.45) is 0 Å². The summed E-state index contributed by atoms with van der Waals surface area (Å²) in [5, 5.41) is 3.09. The smallest absolute Gasteiger partial charge is 0.331 e. The van der Waals surface area contributed by atoms with E-state index in [4.69, 9.17) is 9.47 Å². The zero-order valence-electron chi connectivity index (χ0n) is 11.3. The van der Waals surface area contributed by atoms with Gasteiger partial charge < -0.3 is 14.8 Å². The van der Waals surface area contributed by atoms with Gasteiger partial charge in [-0.2, -0.15) is 0 Å². The SMILES string of the molecule is COC(=O)C1(Nc2cc(C)cc(F)c2)CC(OC)C1. The van der Waals surface area contributed by atoms with Crippen molar-refractivity contribution in [1.29, 1.82) is 0 Å². The van der Waals surface area contributed by atoms with Crippen LogP contribution in [0.4, 0.5) is 10.1 Å². The minimum Gasteiger partial charge on any atom is -0.467 e. The summed E-state index contributed by atoms with van der Waals surface area (Å²) in [6.45, 7) is 1.80. The molecule has 1 aromatic rings. The molecule has 1 aliphatic carbocycles. The molecule has 0 spiro atoms. The van der Waals surface area contributed by atoms with Gasteiger partial charge in [-0.05, 0) is 30.7 Å². The first-order valence-corrected chi connectivity index (χ1v) is 6.16. The van der Waals surface area contributed by atoms with Crippen molar-refractivity contribution in [3.05, 3.63) is 29.6 Å². The average Bonchev–Trinajstić information content (AvgIpc) is 2.31. The van der Waals surface area contributed by atoms with Crippen molar-refractivity contribution >= 4 is 11.7 Å². The van der Waals surface area contributed by atoms with Gasteiger partial charge >= 0.3 is 5.97 Å². The first-order chi connectivity index (χ1) is 8.99. The standard InChI is InChI=1S/C14H18FNO3/c1-9-4-10(15)6-11(5-9)16-14(13(17)19-3)7-12(8-14)18-2/h4-6,12,16H,7-8H2,1-3H3. The van der Waals surface area contributed by atoms with Crippen LogP contribution in [0, 0.1) is 12.7 Å². The van der Waals surface area contributed by atoms with Crippen LogP contribution in [0.15, 0.2) is 18.2 Å². The Bertz CT molecular complexity index is 463. The number of methoxy groups -OCH3 is 2. The number of halogens is 1. The van der Waals surface area contributed by atoms with Crippen molar-refractivity contribution in [1.82, 2.24) is 0 Å². The summed E-state index contributed by atoms with van der Waals surface area (Å²) in [6.07, 6.45) is 1.07. The van der Waals surface area contributed by atoms with E-state index in [1.807, 2.05) is 0 Å². The Morgan fingerprint density at radius 2 is 2.05 bits per heavy atom. The number of esters is 1. The summed E-state index contributed by atoms with van der Waals surface area (Å²) in [6, 6.07) is 4.61. The fraction of sp³-hybridized carbons (Fsp3) is 0.500. The second-order valence-corrected chi connectivity index (χ2v) is 4.98. The summed E-state index contributed by atoms with van der Waals surface area (Å²) in [7, 11) is 2.96. The number of carbonyl (C=O) groups is 1. The highest BCUT2D eigenvalue weighted by molar-refractivity contribution is 5.86. The van der Waals surface area contributed by atoms with E-state index in [2.05, 4.69) is 5.32 Å². The first-order valence-electron chi connectivity index (χ1n) is 6.16. The van der Waals surface area contributed by atoms with Crippen LogP contribution in [0.2, 0.25) is 0 Å². The number of rotatable bonds is 4. The molecule has 0 atom stereocenters. The van der Waals surface area contributed by atoms with Crippen LogP contribution in [0.25, 0.3) is 0 Å². The van der Waals surface area contributed by atoms with Gasteiger partial charge in [-0.3, -0.25) is 0 Å². The Kier molecular flexibility index (Phi) is 3.75. The van der Waals surface area contributed by atoms with Crippen molar-refractivity contribution in [3.63, 3.8) is 0 Å². The van der Waals surface area contributed by atoms with Gasteiger partial charge in [0.05, 0.1) is 13.2 Å². The minimum atomic E-state index is -0.810. The molecule has 1 aromatic carbocycles. The van der Waals surface area contributed by atoms with Gasteiger partial charge in [-0.1, -0.05) is 0 Å². The van der Waals surface area contributed by atoms with E-state index in [0.717, 1.165) is 5.56 Å². The molecule has 0 radical (unpaired) electrons. The van der Waals surface area contributed by atoms with Gasteiger partial charge in [-0.25, -0.2) is 9.18 Å². The maximum absolute atomic E-state index is 13.4. The molecule has 0 bridgehead atoms. The van der Waals surface area contributed by atoms with E-state index < -0.39 is 5.54 Å². The van der Waals surface area contributed by atoms with Crippen molar-refractivity contribution in [2.45, 2.75) is 31.4 Å². The second kappa shape index (κ2) is 5.17. The molecule has 19 heavy (non-hydrogen) atoms. The molecule has 0 heterocycles. The quantitative estimate of drug-likeness (QED) is 0.850. The molecule has 5 heteroatoms. The molecule has 4 nitrogen and oxygen atoms in total. The lowest BCUT2D eigenvalue weighted by Gasteiger charge is -2.45. The average molecular weight is 267 g/mol. The number of benzene rings is 1. The zero-order valence-corrected chi connectivity index (χ0v) is 11.3. The second-order valence-electron chi connectivity index (χ2n) is 4.98. The van der Waals surface area contributed by atoms with Crippen LogP contribution in [-0.2, 0) is 14.3 Å². The van der Waals surface area contributed by atoms with Gasteiger partial charge in [0.1, 0.15) is 11.4 Å². The third-order valence-corrected chi connectivity index (χ3v) is 3.49. The molecule has 0 aliphatic heterocycles. The van der Waals surface area contributed by atoms with Gasteiger partial charge in [0, 0.05) is 25.6 Å². The lowest BCUT2D eigenvalue weighted by molar-refractivity contribution is -0.154. The molecule has 1 N–H and O–H groups in total. The summed E-state index contributed by atoms with van der Waals surface area (Å²) in [5.74, 6) is -0.673. The molecule has 0 unspecified atom stereocenters. The Labute approximate surface area is 111 Å².